The van der Waals surface area contributed by atoms with Crippen LogP contribution in [0.5, 0.6) is 0 Å². The van der Waals surface area contributed by atoms with Crippen LogP contribution in [-0.2, 0) is 0 Å². The Labute approximate surface area is 158 Å². The van der Waals surface area contributed by atoms with Gasteiger partial charge in [0.25, 0.3) is 5.91 Å². The predicted octanol–water partition coefficient (Wildman–Crippen LogP) is 4.01. The van der Waals surface area contributed by atoms with Crippen LogP contribution in [0.2, 0.25) is 0 Å². The summed E-state index contributed by atoms with van der Waals surface area (Å²) in [6.45, 7) is 2.42. The van der Waals surface area contributed by atoms with Crippen molar-refractivity contribution in [2.24, 2.45) is 0 Å². The number of aromatic nitrogens is 3. The Hall–Kier alpha value is -2.10. The number of alkyl halides is 3. The average molecular weight is 399 g/mol. The van der Waals surface area contributed by atoms with Crippen LogP contribution in [-0.4, -0.2) is 44.3 Å². The molecule has 0 aromatic carbocycles. The minimum Gasteiger partial charge on any atom is -0.367 e. The van der Waals surface area contributed by atoms with Gasteiger partial charge in [0.05, 0.1) is 17.2 Å². The highest BCUT2D eigenvalue weighted by Crippen LogP contribution is 2.42. The summed E-state index contributed by atoms with van der Waals surface area (Å²) < 4.78 is 41.7. The molecule has 27 heavy (non-hydrogen) atoms. The molecule has 1 N–H and O–H groups in total. The van der Waals surface area contributed by atoms with Crippen LogP contribution in [0, 0.1) is 0 Å². The zero-order valence-electron chi connectivity index (χ0n) is 14.7. The van der Waals surface area contributed by atoms with Crippen molar-refractivity contribution in [2.45, 2.75) is 56.9 Å². The Morgan fingerprint density at radius 2 is 2.26 bits per heavy atom. The molecule has 0 aliphatic carbocycles. The molecule has 2 aliphatic rings. The first-order valence-electron chi connectivity index (χ1n) is 9.00. The number of hydrogen-bond donors (Lipinski definition) is 1. The topological polar surface area (TPSA) is 63.1 Å². The number of amides is 1. The van der Waals surface area contributed by atoms with Crippen molar-refractivity contribution in [3.8, 4) is 0 Å². The van der Waals surface area contributed by atoms with Gasteiger partial charge in [-0.1, -0.05) is 6.92 Å². The molecule has 1 fully saturated rings. The van der Waals surface area contributed by atoms with Gasteiger partial charge in [-0.25, -0.2) is 9.67 Å². The van der Waals surface area contributed by atoms with Crippen LogP contribution in [0.1, 0.15) is 60.9 Å². The molecule has 2 aliphatic heterocycles. The fourth-order valence-corrected chi connectivity index (χ4v) is 4.41. The van der Waals surface area contributed by atoms with Crippen LogP contribution in [0.25, 0.3) is 0 Å². The number of halogens is 3. The number of nitrogens with one attached hydrogen (secondary N) is 1. The van der Waals surface area contributed by atoms with E-state index in [2.05, 4.69) is 15.4 Å². The van der Waals surface area contributed by atoms with E-state index < -0.39 is 12.2 Å². The van der Waals surface area contributed by atoms with Gasteiger partial charge in [0.1, 0.15) is 11.5 Å². The zero-order chi connectivity index (χ0) is 19.2. The normalized spacial score (nSPS) is 25.3. The molecule has 0 unspecified atom stereocenters. The number of nitrogens with zero attached hydrogens (tertiary/aromatic N) is 4. The van der Waals surface area contributed by atoms with Crippen molar-refractivity contribution in [1.82, 2.24) is 19.7 Å². The first-order chi connectivity index (χ1) is 12.9. The van der Waals surface area contributed by atoms with Crippen molar-refractivity contribution >= 4 is 23.1 Å². The molecule has 0 bridgehead atoms. The third-order valence-electron chi connectivity index (χ3n) is 5.29. The molecule has 0 radical (unpaired) electrons. The molecule has 0 spiro atoms. The van der Waals surface area contributed by atoms with Gasteiger partial charge >= 0.3 is 6.18 Å². The quantitative estimate of drug-likeness (QED) is 0.847. The standard InChI is InChI=1S/C17H20F3N5OS/c1-2-10-6-14(17(18,19)20)25-15(22-10)7-11(23-25)13-4-3-5-24(13)16(26)12-8-27-9-21-12/h7-10,13-14,22H,2-6H2,1H3/t10-,13+,14-/m1/s1. The molecule has 2 aromatic heterocycles. The van der Waals surface area contributed by atoms with Crippen molar-refractivity contribution < 1.29 is 18.0 Å². The second-order valence-electron chi connectivity index (χ2n) is 6.97. The van der Waals surface area contributed by atoms with E-state index in [1.807, 2.05) is 6.92 Å². The third-order valence-corrected chi connectivity index (χ3v) is 5.87. The van der Waals surface area contributed by atoms with Crippen molar-refractivity contribution in [3.63, 3.8) is 0 Å². The van der Waals surface area contributed by atoms with E-state index in [0.717, 1.165) is 11.1 Å². The molecule has 10 heteroatoms. The summed E-state index contributed by atoms with van der Waals surface area (Å²) in [5.74, 6) is 0.176. The summed E-state index contributed by atoms with van der Waals surface area (Å²) >= 11 is 1.34. The van der Waals surface area contributed by atoms with E-state index in [1.165, 1.54) is 11.3 Å². The Kier molecular flexibility index (Phi) is 4.61. The van der Waals surface area contributed by atoms with Gasteiger partial charge in [-0.3, -0.25) is 4.79 Å². The molecular formula is C17H20F3N5OS. The largest absolute Gasteiger partial charge is 0.410 e. The van der Waals surface area contributed by atoms with Crippen LogP contribution >= 0.6 is 11.3 Å². The SMILES string of the molecule is CC[C@@H]1C[C@H](C(F)(F)F)n2nc([C@@H]3CCCN3C(=O)c3cscn3)cc2N1. The van der Waals surface area contributed by atoms with Gasteiger partial charge in [0.15, 0.2) is 6.04 Å². The van der Waals surface area contributed by atoms with Crippen molar-refractivity contribution in [2.75, 3.05) is 11.9 Å². The Balaban J connectivity index is 1.65. The van der Waals surface area contributed by atoms with Crippen molar-refractivity contribution in [3.05, 3.63) is 28.3 Å². The van der Waals surface area contributed by atoms with Crippen LogP contribution in [0.3, 0.4) is 0 Å². The first-order valence-corrected chi connectivity index (χ1v) is 9.94. The molecule has 6 nitrogen and oxygen atoms in total. The molecule has 146 valence electrons. The van der Waals surface area contributed by atoms with Crippen LogP contribution in [0.15, 0.2) is 17.0 Å². The zero-order valence-corrected chi connectivity index (χ0v) is 15.6. The van der Waals surface area contributed by atoms with Gasteiger partial charge in [0, 0.05) is 24.0 Å². The molecule has 4 heterocycles. The molecule has 4 rings (SSSR count). The number of carbonyl (C=O) groups excluding carboxylic acids is 1. The maximum atomic E-state index is 13.5. The summed E-state index contributed by atoms with van der Waals surface area (Å²) in [5, 5.41) is 9.12. The number of anilines is 1. The fraction of sp³-hybridized carbons (Fsp3) is 0.588. The van der Waals surface area contributed by atoms with E-state index in [9.17, 15) is 18.0 Å². The molecule has 1 saturated heterocycles. The van der Waals surface area contributed by atoms with E-state index >= 15 is 0 Å². The monoisotopic (exact) mass is 399 g/mol. The second kappa shape index (κ2) is 6.81. The van der Waals surface area contributed by atoms with Crippen LogP contribution in [0.4, 0.5) is 19.0 Å². The summed E-state index contributed by atoms with van der Waals surface area (Å²) in [6, 6.07) is -0.549. The lowest BCUT2D eigenvalue weighted by Crippen LogP contribution is -2.39. The van der Waals surface area contributed by atoms with Gasteiger partial charge < -0.3 is 10.2 Å². The fourth-order valence-electron chi connectivity index (χ4n) is 3.88. The number of fused-ring (bicyclic) bond motifs is 1. The molecule has 2 aromatic rings. The highest BCUT2D eigenvalue weighted by Gasteiger charge is 2.46. The smallest absolute Gasteiger partial charge is 0.367 e. The molecular weight excluding hydrogens is 379 g/mol. The maximum Gasteiger partial charge on any atom is 0.410 e. The Morgan fingerprint density at radius 1 is 1.44 bits per heavy atom. The number of likely N-dealkylation sites (tertiary alicyclic amines) is 1. The highest BCUT2D eigenvalue weighted by atomic mass is 32.1. The first kappa shape index (κ1) is 18.3. The minimum atomic E-state index is -4.36. The lowest BCUT2D eigenvalue weighted by Gasteiger charge is -2.32. The molecule has 0 saturated carbocycles. The second-order valence-corrected chi connectivity index (χ2v) is 7.69. The molecule has 3 atom stereocenters. The Bertz CT molecular complexity index is 819. The summed E-state index contributed by atoms with van der Waals surface area (Å²) in [6.07, 6.45) is -2.33. The van der Waals surface area contributed by atoms with Gasteiger partial charge in [-0.15, -0.1) is 11.3 Å². The highest BCUT2D eigenvalue weighted by molar-refractivity contribution is 7.07. The summed E-state index contributed by atoms with van der Waals surface area (Å²) in [7, 11) is 0. The van der Waals surface area contributed by atoms with E-state index in [1.54, 1.807) is 21.9 Å². The van der Waals surface area contributed by atoms with Gasteiger partial charge in [0.2, 0.25) is 0 Å². The lowest BCUT2D eigenvalue weighted by atomic mass is 10.0. The Morgan fingerprint density at radius 3 is 2.93 bits per heavy atom. The summed E-state index contributed by atoms with van der Waals surface area (Å²) in [5.41, 5.74) is 2.47. The number of carbonyl (C=O) groups is 1. The maximum absolute atomic E-state index is 13.5. The van der Waals surface area contributed by atoms with Crippen LogP contribution < -0.4 is 5.32 Å². The van der Waals surface area contributed by atoms with E-state index in [4.69, 9.17) is 0 Å². The van der Waals surface area contributed by atoms with Gasteiger partial charge in [-0.2, -0.15) is 18.3 Å². The summed E-state index contributed by atoms with van der Waals surface area (Å²) in [4.78, 5) is 18.4. The number of thiazole rings is 1. The number of hydrogen-bond acceptors (Lipinski definition) is 5. The lowest BCUT2D eigenvalue weighted by molar-refractivity contribution is -0.173. The van der Waals surface area contributed by atoms with Gasteiger partial charge in [-0.05, 0) is 25.7 Å². The minimum absolute atomic E-state index is 0.0414. The number of rotatable bonds is 3. The predicted molar refractivity (Wildman–Crippen MR) is 94.8 cm³/mol. The van der Waals surface area contributed by atoms with Crippen molar-refractivity contribution in [1.29, 1.82) is 0 Å². The van der Waals surface area contributed by atoms with E-state index in [0.29, 0.717) is 36.6 Å². The van der Waals surface area contributed by atoms with E-state index in [-0.39, 0.29) is 24.4 Å². The average Bonchev–Trinajstić information content (AvgIpc) is 3.38. The third kappa shape index (κ3) is 3.30. The molecule has 1 amide bonds.